The molecule has 1 unspecified atom stereocenters. The van der Waals surface area contributed by atoms with Crippen molar-refractivity contribution in [3.05, 3.63) is 35.9 Å². The Labute approximate surface area is 96.5 Å². The summed E-state index contributed by atoms with van der Waals surface area (Å²) in [4.78, 5) is 2.25. The quantitative estimate of drug-likeness (QED) is 0.819. The van der Waals surface area contributed by atoms with Gasteiger partial charge in [-0.2, -0.15) is 5.26 Å². The molecule has 1 heterocycles. The van der Waals surface area contributed by atoms with Crippen LogP contribution in [0.1, 0.15) is 24.6 Å². The molecule has 0 aliphatic carbocycles. The molecule has 2 rings (SSSR count). The second-order valence-corrected chi connectivity index (χ2v) is 4.29. The van der Waals surface area contributed by atoms with Gasteiger partial charge in [0.1, 0.15) is 0 Å². The van der Waals surface area contributed by atoms with Gasteiger partial charge in [0.15, 0.2) is 0 Å². The Morgan fingerprint density at radius 1 is 1.25 bits per heavy atom. The summed E-state index contributed by atoms with van der Waals surface area (Å²) in [6.45, 7) is 1.85. The largest absolute Gasteiger partial charge is 0.312 e. The van der Waals surface area contributed by atoms with Crippen molar-refractivity contribution >= 4 is 0 Å². The zero-order chi connectivity index (χ0) is 11.4. The summed E-state index contributed by atoms with van der Waals surface area (Å²) >= 11 is 0. The van der Waals surface area contributed by atoms with E-state index in [0.29, 0.717) is 0 Å². The molecule has 3 nitrogen and oxygen atoms in total. The summed E-state index contributed by atoms with van der Waals surface area (Å²) in [6, 6.07) is 12.5. The highest BCUT2D eigenvalue weighted by atomic mass is 15.2. The summed E-state index contributed by atoms with van der Waals surface area (Å²) in [7, 11) is 0. The molecule has 1 saturated heterocycles. The Hall–Kier alpha value is -1.37. The highest BCUT2D eigenvalue weighted by Crippen LogP contribution is 2.22. The molecule has 1 aromatic carbocycles. The molecule has 1 atom stereocenters. The summed E-state index contributed by atoms with van der Waals surface area (Å²) in [5, 5.41) is 8.83. The first-order chi connectivity index (χ1) is 7.81. The zero-order valence-corrected chi connectivity index (χ0v) is 9.34. The number of piperidine rings is 1. The van der Waals surface area contributed by atoms with Gasteiger partial charge in [-0.25, -0.2) is 0 Å². The van der Waals surface area contributed by atoms with Gasteiger partial charge in [-0.3, -0.25) is 4.90 Å². The summed E-state index contributed by atoms with van der Waals surface area (Å²) in [5.74, 6) is 0.222. The molecule has 0 radical (unpaired) electrons. The Balaban J connectivity index is 1.97. The fourth-order valence-electron chi connectivity index (χ4n) is 2.17. The third-order valence-electron chi connectivity index (χ3n) is 3.25. The number of likely N-dealkylation sites (tertiary alicyclic amines) is 1. The fourth-order valence-corrected chi connectivity index (χ4v) is 2.17. The lowest BCUT2D eigenvalue weighted by atomic mass is 9.97. The van der Waals surface area contributed by atoms with Gasteiger partial charge in [0.25, 0.3) is 0 Å². The van der Waals surface area contributed by atoms with E-state index in [0.717, 1.165) is 31.5 Å². The molecule has 1 aromatic rings. The molecule has 1 aliphatic heterocycles. The van der Waals surface area contributed by atoms with Crippen molar-refractivity contribution < 1.29 is 0 Å². The molecule has 16 heavy (non-hydrogen) atoms. The van der Waals surface area contributed by atoms with Gasteiger partial charge < -0.3 is 5.73 Å². The number of hydrogen-bond acceptors (Lipinski definition) is 3. The summed E-state index contributed by atoms with van der Waals surface area (Å²) < 4.78 is 0. The molecule has 0 aromatic heterocycles. The number of benzene rings is 1. The Morgan fingerprint density at radius 2 is 1.88 bits per heavy atom. The smallest absolute Gasteiger partial charge is 0.0835 e. The van der Waals surface area contributed by atoms with Crippen molar-refractivity contribution in [1.82, 2.24) is 4.90 Å². The molecule has 0 saturated carbocycles. The molecule has 1 fully saturated rings. The lowest BCUT2D eigenvalue weighted by Crippen LogP contribution is -2.40. The molecule has 2 N–H and O–H groups in total. The SMILES string of the molecule is N#CC1CCN(C(N)c2ccccc2)CC1. The maximum atomic E-state index is 8.83. The number of hydrogen-bond donors (Lipinski definition) is 1. The van der Waals surface area contributed by atoms with Crippen molar-refractivity contribution in [2.24, 2.45) is 11.7 Å². The van der Waals surface area contributed by atoms with E-state index in [9.17, 15) is 0 Å². The first-order valence-electron chi connectivity index (χ1n) is 5.75. The normalized spacial score (nSPS) is 20.2. The van der Waals surface area contributed by atoms with Crippen molar-refractivity contribution in [1.29, 1.82) is 5.26 Å². The van der Waals surface area contributed by atoms with Crippen LogP contribution in [0.4, 0.5) is 0 Å². The van der Waals surface area contributed by atoms with Crippen LogP contribution in [0, 0.1) is 17.2 Å². The van der Waals surface area contributed by atoms with Gasteiger partial charge in [0, 0.05) is 19.0 Å². The van der Waals surface area contributed by atoms with E-state index >= 15 is 0 Å². The number of nitrogens with zero attached hydrogens (tertiary/aromatic N) is 2. The first kappa shape index (κ1) is 11.1. The number of rotatable bonds is 2. The van der Waals surface area contributed by atoms with E-state index in [1.54, 1.807) is 0 Å². The third-order valence-corrected chi connectivity index (χ3v) is 3.25. The van der Waals surface area contributed by atoms with Gasteiger partial charge in [0.05, 0.1) is 12.2 Å². The van der Waals surface area contributed by atoms with E-state index in [4.69, 9.17) is 11.0 Å². The van der Waals surface area contributed by atoms with Crippen LogP contribution in [0.2, 0.25) is 0 Å². The summed E-state index contributed by atoms with van der Waals surface area (Å²) in [6.07, 6.45) is 1.86. The monoisotopic (exact) mass is 215 g/mol. The Morgan fingerprint density at radius 3 is 2.44 bits per heavy atom. The highest BCUT2D eigenvalue weighted by molar-refractivity contribution is 5.18. The molecule has 0 amide bonds. The minimum Gasteiger partial charge on any atom is -0.312 e. The average molecular weight is 215 g/mol. The van der Waals surface area contributed by atoms with Crippen LogP contribution in [0.5, 0.6) is 0 Å². The van der Waals surface area contributed by atoms with Crippen molar-refractivity contribution in [2.75, 3.05) is 13.1 Å². The maximum Gasteiger partial charge on any atom is 0.0835 e. The van der Waals surface area contributed by atoms with E-state index in [1.165, 1.54) is 0 Å². The van der Waals surface area contributed by atoms with Crippen LogP contribution in [-0.4, -0.2) is 18.0 Å². The van der Waals surface area contributed by atoms with Gasteiger partial charge >= 0.3 is 0 Å². The lowest BCUT2D eigenvalue weighted by Gasteiger charge is -2.33. The molecular formula is C13H17N3. The van der Waals surface area contributed by atoms with Gasteiger partial charge in [0.2, 0.25) is 0 Å². The van der Waals surface area contributed by atoms with Crippen molar-refractivity contribution in [2.45, 2.75) is 19.0 Å². The number of nitriles is 1. The third kappa shape index (κ3) is 2.41. The minimum atomic E-state index is -0.0270. The molecule has 3 heteroatoms. The average Bonchev–Trinajstić information content (AvgIpc) is 2.39. The van der Waals surface area contributed by atoms with Crippen LogP contribution in [0.3, 0.4) is 0 Å². The predicted molar refractivity (Wildman–Crippen MR) is 63.3 cm³/mol. The second kappa shape index (κ2) is 5.11. The topological polar surface area (TPSA) is 53.0 Å². The molecule has 0 spiro atoms. The van der Waals surface area contributed by atoms with Crippen LogP contribution in [-0.2, 0) is 0 Å². The molecule has 1 aliphatic rings. The lowest BCUT2D eigenvalue weighted by molar-refractivity contribution is 0.150. The zero-order valence-electron chi connectivity index (χ0n) is 9.34. The van der Waals surface area contributed by atoms with Crippen molar-refractivity contribution in [3.63, 3.8) is 0 Å². The maximum absolute atomic E-state index is 8.83. The van der Waals surface area contributed by atoms with E-state index in [1.807, 2.05) is 18.2 Å². The van der Waals surface area contributed by atoms with Crippen LogP contribution < -0.4 is 5.73 Å². The van der Waals surface area contributed by atoms with Gasteiger partial charge in [-0.05, 0) is 18.4 Å². The second-order valence-electron chi connectivity index (χ2n) is 4.29. The fraction of sp³-hybridized carbons (Fsp3) is 0.462. The Bertz CT molecular complexity index is 361. The Kier molecular flexibility index (Phi) is 3.55. The van der Waals surface area contributed by atoms with Gasteiger partial charge in [-0.15, -0.1) is 0 Å². The standard InChI is InChI=1S/C13H17N3/c14-10-11-6-8-16(9-7-11)13(15)12-4-2-1-3-5-12/h1-5,11,13H,6-9,15H2. The number of nitrogens with two attached hydrogens (primary N) is 1. The first-order valence-corrected chi connectivity index (χ1v) is 5.75. The van der Waals surface area contributed by atoms with Crippen LogP contribution >= 0.6 is 0 Å². The highest BCUT2D eigenvalue weighted by Gasteiger charge is 2.23. The van der Waals surface area contributed by atoms with Crippen LogP contribution in [0.25, 0.3) is 0 Å². The molecule has 84 valence electrons. The van der Waals surface area contributed by atoms with Crippen LogP contribution in [0.15, 0.2) is 30.3 Å². The van der Waals surface area contributed by atoms with Crippen molar-refractivity contribution in [3.8, 4) is 6.07 Å². The molecule has 0 bridgehead atoms. The molecular weight excluding hydrogens is 198 g/mol. The van der Waals surface area contributed by atoms with Gasteiger partial charge in [-0.1, -0.05) is 30.3 Å². The predicted octanol–water partition coefficient (Wildman–Crippen LogP) is 1.88. The minimum absolute atomic E-state index is 0.0270. The summed E-state index contributed by atoms with van der Waals surface area (Å²) in [5.41, 5.74) is 7.35. The van der Waals surface area contributed by atoms with E-state index < -0.39 is 0 Å². The van der Waals surface area contributed by atoms with E-state index in [-0.39, 0.29) is 12.1 Å². The van der Waals surface area contributed by atoms with E-state index in [2.05, 4.69) is 23.1 Å².